The van der Waals surface area contributed by atoms with Crippen molar-refractivity contribution in [1.82, 2.24) is 4.98 Å². The number of halogens is 1. The van der Waals surface area contributed by atoms with Crippen LogP contribution in [0.3, 0.4) is 0 Å². The number of thiazole rings is 1. The summed E-state index contributed by atoms with van der Waals surface area (Å²) < 4.78 is 1.18. The Morgan fingerprint density at radius 1 is 1.56 bits per heavy atom. The highest BCUT2D eigenvalue weighted by molar-refractivity contribution is 9.09. The molecule has 1 atom stereocenters. The maximum atomic E-state index is 12.0. The molecule has 1 aliphatic heterocycles. The Bertz CT molecular complexity index is 610. The van der Waals surface area contributed by atoms with Crippen molar-refractivity contribution < 1.29 is 4.79 Å². The number of aromatic nitrogens is 1. The number of nitrogens with zero attached hydrogens (tertiary/aromatic N) is 2. The van der Waals surface area contributed by atoms with E-state index < -0.39 is 0 Å². The maximum absolute atomic E-state index is 12.0. The molecular weight excluding hydrogens is 312 g/mol. The SMILES string of the molecule is Cc1nc2cc(N3CC(CBr)CC3=O)ccc2s1. The van der Waals surface area contributed by atoms with Gasteiger partial charge in [0.05, 0.1) is 15.2 Å². The van der Waals surface area contributed by atoms with Crippen LogP contribution in [0.15, 0.2) is 18.2 Å². The van der Waals surface area contributed by atoms with Gasteiger partial charge in [0.25, 0.3) is 0 Å². The fraction of sp³-hybridized carbons (Fsp3) is 0.385. The van der Waals surface area contributed by atoms with Gasteiger partial charge in [-0.25, -0.2) is 4.98 Å². The number of rotatable bonds is 2. The standard InChI is InChI=1S/C13H13BrN2OS/c1-8-15-11-5-10(2-3-12(11)18-8)16-7-9(6-14)4-13(16)17/h2-3,5,9H,4,6-7H2,1H3. The van der Waals surface area contributed by atoms with E-state index in [4.69, 9.17) is 0 Å². The molecule has 0 saturated carbocycles. The molecule has 94 valence electrons. The van der Waals surface area contributed by atoms with Crippen molar-refractivity contribution in [1.29, 1.82) is 0 Å². The predicted molar refractivity (Wildman–Crippen MR) is 78.6 cm³/mol. The lowest BCUT2D eigenvalue weighted by molar-refractivity contribution is -0.117. The number of hydrogen-bond donors (Lipinski definition) is 0. The van der Waals surface area contributed by atoms with Gasteiger partial charge in [-0.15, -0.1) is 11.3 Å². The minimum Gasteiger partial charge on any atom is -0.312 e. The number of benzene rings is 1. The largest absolute Gasteiger partial charge is 0.312 e. The first kappa shape index (κ1) is 12.1. The van der Waals surface area contributed by atoms with Crippen molar-refractivity contribution in [2.45, 2.75) is 13.3 Å². The Morgan fingerprint density at radius 3 is 3.11 bits per heavy atom. The van der Waals surface area contributed by atoms with Crippen molar-refractivity contribution in [3.63, 3.8) is 0 Å². The van der Waals surface area contributed by atoms with Gasteiger partial charge in [-0.05, 0) is 31.0 Å². The van der Waals surface area contributed by atoms with E-state index in [0.717, 1.165) is 28.1 Å². The van der Waals surface area contributed by atoms with Gasteiger partial charge < -0.3 is 4.90 Å². The predicted octanol–water partition coefficient (Wildman–Crippen LogP) is 3.35. The van der Waals surface area contributed by atoms with E-state index in [9.17, 15) is 4.79 Å². The summed E-state index contributed by atoms with van der Waals surface area (Å²) >= 11 is 5.14. The van der Waals surface area contributed by atoms with E-state index in [0.29, 0.717) is 12.3 Å². The number of amides is 1. The van der Waals surface area contributed by atoms with Gasteiger partial charge in [0.2, 0.25) is 5.91 Å². The molecule has 1 fully saturated rings. The van der Waals surface area contributed by atoms with Crippen LogP contribution in [0.4, 0.5) is 5.69 Å². The molecule has 1 aromatic carbocycles. The van der Waals surface area contributed by atoms with E-state index in [1.54, 1.807) is 11.3 Å². The molecule has 1 unspecified atom stereocenters. The normalized spacial score (nSPS) is 20.0. The minimum absolute atomic E-state index is 0.214. The van der Waals surface area contributed by atoms with Crippen molar-refractivity contribution >= 4 is 49.1 Å². The minimum atomic E-state index is 0.214. The summed E-state index contributed by atoms with van der Waals surface area (Å²) in [6.07, 6.45) is 0.638. The first-order valence-electron chi connectivity index (χ1n) is 5.91. The molecule has 3 nitrogen and oxygen atoms in total. The highest BCUT2D eigenvalue weighted by Gasteiger charge is 2.29. The average molecular weight is 325 g/mol. The Labute approximate surface area is 118 Å². The lowest BCUT2D eigenvalue weighted by Gasteiger charge is -2.16. The van der Waals surface area contributed by atoms with Gasteiger partial charge in [0.1, 0.15) is 0 Å². The second-order valence-corrected chi connectivity index (χ2v) is 6.50. The van der Waals surface area contributed by atoms with Gasteiger partial charge in [-0.3, -0.25) is 4.79 Å². The zero-order valence-corrected chi connectivity index (χ0v) is 12.4. The molecule has 1 amide bonds. The quantitative estimate of drug-likeness (QED) is 0.794. The van der Waals surface area contributed by atoms with Gasteiger partial charge in [-0.1, -0.05) is 15.9 Å². The van der Waals surface area contributed by atoms with Crippen LogP contribution < -0.4 is 4.90 Å². The smallest absolute Gasteiger partial charge is 0.227 e. The summed E-state index contributed by atoms with van der Waals surface area (Å²) in [6, 6.07) is 6.10. The first-order chi connectivity index (χ1) is 8.67. The highest BCUT2D eigenvalue weighted by atomic mass is 79.9. The van der Waals surface area contributed by atoms with Crippen molar-refractivity contribution in [2.75, 3.05) is 16.8 Å². The van der Waals surface area contributed by atoms with Crippen LogP contribution in [0, 0.1) is 12.8 Å². The fourth-order valence-electron chi connectivity index (χ4n) is 2.33. The van der Waals surface area contributed by atoms with Crippen LogP contribution in [0.5, 0.6) is 0 Å². The zero-order chi connectivity index (χ0) is 12.7. The van der Waals surface area contributed by atoms with Crippen LogP contribution in [-0.2, 0) is 4.79 Å². The van der Waals surface area contributed by atoms with E-state index in [1.165, 1.54) is 4.70 Å². The van der Waals surface area contributed by atoms with Gasteiger partial charge in [0, 0.05) is 24.0 Å². The Kier molecular flexibility index (Phi) is 3.11. The van der Waals surface area contributed by atoms with Gasteiger partial charge >= 0.3 is 0 Å². The number of anilines is 1. The third-order valence-corrected chi connectivity index (χ3v) is 5.08. The Hall–Kier alpha value is -0.940. The highest BCUT2D eigenvalue weighted by Crippen LogP contribution is 2.30. The monoisotopic (exact) mass is 324 g/mol. The first-order valence-corrected chi connectivity index (χ1v) is 7.84. The molecule has 1 aliphatic rings. The van der Waals surface area contributed by atoms with Crippen molar-refractivity contribution in [3.05, 3.63) is 23.2 Å². The summed E-state index contributed by atoms with van der Waals surface area (Å²) in [5, 5.41) is 1.95. The third-order valence-electron chi connectivity index (χ3n) is 3.21. The van der Waals surface area contributed by atoms with E-state index in [2.05, 4.69) is 27.0 Å². The molecule has 3 rings (SSSR count). The lowest BCUT2D eigenvalue weighted by Crippen LogP contribution is -2.24. The summed E-state index contributed by atoms with van der Waals surface area (Å²) in [7, 11) is 0. The topological polar surface area (TPSA) is 33.2 Å². The van der Waals surface area contributed by atoms with E-state index >= 15 is 0 Å². The van der Waals surface area contributed by atoms with E-state index in [1.807, 2.05) is 24.0 Å². The molecule has 18 heavy (non-hydrogen) atoms. The molecule has 1 saturated heterocycles. The Morgan fingerprint density at radius 2 is 2.39 bits per heavy atom. The number of hydrogen-bond acceptors (Lipinski definition) is 3. The summed E-state index contributed by atoms with van der Waals surface area (Å²) in [5.41, 5.74) is 1.96. The van der Waals surface area contributed by atoms with Crippen LogP contribution in [-0.4, -0.2) is 22.8 Å². The van der Waals surface area contributed by atoms with Gasteiger partial charge in [-0.2, -0.15) is 0 Å². The molecule has 0 bridgehead atoms. The molecule has 5 heteroatoms. The molecule has 0 radical (unpaired) electrons. The van der Waals surface area contributed by atoms with Crippen LogP contribution >= 0.6 is 27.3 Å². The van der Waals surface area contributed by atoms with Crippen LogP contribution in [0.2, 0.25) is 0 Å². The zero-order valence-electron chi connectivity index (χ0n) is 10.0. The van der Waals surface area contributed by atoms with E-state index in [-0.39, 0.29) is 5.91 Å². The summed E-state index contributed by atoms with van der Waals surface area (Å²) in [5.74, 6) is 0.635. The molecular formula is C13H13BrN2OS. The molecule has 2 aromatic rings. The number of alkyl halides is 1. The lowest BCUT2D eigenvalue weighted by atomic mass is 10.2. The van der Waals surface area contributed by atoms with Crippen molar-refractivity contribution in [3.8, 4) is 0 Å². The number of aryl methyl sites for hydroxylation is 1. The average Bonchev–Trinajstić information content (AvgIpc) is 2.89. The Balaban J connectivity index is 1.96. The van der Waals surface area contributed by atoms with Crippen LogP contribution in [0.25, 0.3) is 10.2 Å². The molecule has 2 heterocycles. The summed E-state index contributed by atoms with van der Waals surface area (Å²) in [4.78, 5) is 18.3. The van der Waals surface area contributed by atoms with Gasteiger partial charge in [0.15, 0.2) is 0 Å². The maximum Gasteiger partial charge on any atom is 0.227 e. The third kappa shape index (κ3) is 2.06. The molecule has 0 spiro atoms. The number of carbonyl (C=O) groups is 1. The second kappa shape index (κ2) is 4.63. The fourth-order valence-corrected chi connectivity index (χ4v) is 3.57. The van der Waals surface area contributed by atoms with Crippen LogP contribution in [0.1, 0.15) is 11.4 Å². The molecule has 0 N–H and O–H groups in total. The summed E-state index contributed by atoms with van der Waals surface area (Å²) in [6.45, 7) is 2.81. The second-order valence-electron chi connectivity index (χ2n) is 4.61. The number of fused-ring (bicyclic) bond motifs is 1. The van der Waals surface area contributed by atoms with Crippen molar-refractivity contribution in [2.24, 2.45) is 5.92 Å². The number of carbonyl (C=O) groups excluding carboxylic acids is 1. The molecule has 1 aromatic heterocycles. The molecule has 0 aliphatic carbocycles.